The molecule has 0 bridgehead atoms. The lowest BCUT2D eigenvalue weighted by molar-refractivity contribution is -0.121. The van der Waals surface area contributed by atoms with Crippen LogP contribution in [0.25, 0.3) is 0 Å². The van der Waals surface area contributed by atoms with Crippen LogP contribution in [0.1, 0.15) is 12.8 Å². The van der Waals surface area contributed by atoms with Crippen molar-refractivity contribution in [1.29, 1.82) is 0 Å². The molecule has 0 aromatic heterocycles. The Bertz CT molecular complexity index is 787. The topological polar surface area (TPSA) is 52.7 Å². The molecular formula is C21H25N3O2S. The van der Waals surface area contributed by atoms with Crippen molar-refractivity contribution >= 4 is 29.4 Å². The Morgan fingerprint density at radius 2 is 1.63 bits per heavy atom. The van der Waals surface area contributed by atoms with Crippen LogP contribution in [0.15, 0.2) is 64.4 Å². The predicted molar refractivity (Wildman–Crippen MR) is 109 cm³/mol. The minimum absolute atomic E-state index is 0.0125. The fourth-order valence-corrected chi connectivity index (χ4v) is 4.05. The molecule has 2 aromatic carbocycles. The van der Waals surface area contributed by atoms with E-state index in [-0.39, 0.29) is 17.9 Å². The third-order valence-electron chi connectivity index (χ3n) is 4.63. The lowest BCUT2D eigenvalue weighted by Gasteiger charge is -2.33. The lowest BCUT2D eigenvalue weighted by Crippen LogP contribution is -2.45. The maximum atomic E-state index is 12.7. The highest BCUT2D eigenvalue weighted by atomic mass is 32.2. The standard InChI is InChI=1S/C21H25N3O2S/c1-23(2)21(26)24-14-12-16(13-15-24)20(25)22-18-10-6-7-11-19(18)27-17-8-4-3-5-9-17/h3-11,16H,12-15H2,1-2H3,(H,22,25). The van der Waals surface area contributed by atoms with E-state index in [0.717, 1.165) is 15.5 Å². The van der Waals surface area contributed by atoms with Crippen molar-refractivity contribution in [2.75, 3.05) is 32.5 Å². The summed E-state index contributed by atoms with van der Waals surface area (Å²) in [6.07, 6.45) is 1.39. The second kappa shape index (κ2) is 8.95. The molecule has 0 atom stereocenters. The van der Waals surface area contributed by atoms with Crippen LogP contribution in [0.2, 0.25) is 0 Å². The Kier molecular flexibility index (Phi) is 6.40. The van der Waals surface area contributed by atoms with Gasteiger partial charge in [0, 0.05) is 42.9 Å². The van der Waals surface area contributed by atoms with Crippen LogP contribution in [0, 0.1) is 5.92 Å². The molecule has 1 N–H and O–H groups in total. The van der Waals surface area contributed by atoms with Gasteiger partial charge in [-0.3, -0.25) is 4.79 Å². The summed E-state index contributed by atoms with van der Waals surface area (Å²) in [5.74, 6) is -0.0287. The van der Waals surface area contributed by atoms with Gasteiger partial charge in [-0.25, -0.2) is 4.79 Å². The predicted octanol–water partition coefficient (Wildman–Crippen LogP) is 4.17. The van der Waals surface area contributed by atoms with E-state index >= 15 is 0 Å². The summed E-state index contributed by atoms with van der Waals surface area (Å²) in [5.41, 5.74) is 0.836. The van der Waals surface area contributed by atoms with Crippen molar-refractivity contribution < 1.29 is 9.59 Å². The van der Waals surface area contributed by atoms with Gasteiger partial charge in [0.1, 0.15) is 0 Å². The first-order valence-electron chi connectivity index (χ1n) is 9.13. The summed E-state index contributed by atoms with van der Waals surface area (Å²) in [6.45, 7) is 1.24. The SMILES string of the molecule is CN(C)C(=O)N1CCC(C(=O)Nc2ccccc2Sc2ccccc2)CC1. The minimum Gasteiger partial charge on any atom is -0.331 e. The summed E-state index contributed by atoms with van der Waals surface area (Å²) in [6, 6.07) is 18.0. The minimum atomic E-state index is -0.0639. The van der Waals surface area contributed by atoms with Gasteiger partial charge in [-0.15, -0.1) is 0 Å². The molecule has 1 heterocycles. The van der Waals surface area contributed by atoms with Crippen molar-refractivity contribution in [2.24, 2.45) is 5.92 Å². The van der Waals surface area contributed by atoms with Gasteiger partial charge in [0.25, 0.3) is 0 Å². The second-order valence-corrected chi connectivity index (χ2v) is 7.95. The number of anilines is 1. The number of carbonyl (C=O) groups is 2. The number of nitrogens with zero attached hydrogens (tertiary/aromatic N) is 2. The molecule has 0 unspecified atom stereocenters. The molecule has 0 aliphatic carbocycles. The molecule has 2 aromatic rings. The molecule has 0 spiro atoms. The monoisotopic (exact) mass is 383 g/mol. The van der Waals surface area contributed by atoms with Gasteiger partial charge >= 0.3 is 6.03 Å². The van der Waals surface area contributed by atoms with E-state index < -0.39 is 0 Å². The average molecular weight is 384 g/mol. The molecule has 1 saturated heterocycles. The van der Waals surface area contributed by atoms with E-state index in [0.29, 0.717) is 25.9 Å². The number of benzene rings is 2. The molecule has 142 valence electrons. The zero-order valence-corrected chi connectivity index (χ0v) is 16.5. The van der Waals surface area contributed by atoms with Crippen LogP contribution in [0.4, 0.5) is 10.5 Å². The first-order valence-corrected chi connectivity index (χ1v) is 9.95. The second-order valence-electron chi connectivity index (χ2n) is 6.84. The van der Waals surface area contributed by atoms with Gasteiger partial charge in [0.05, 0.1) is 5.69 Å². The highest BCUT2D eigenvalue weighted by Gasteiger charge is 2.28. The Balaban J connectivity index is 1.61. The van der Waals surface area contributed by atoms with Crippen LogP contribution in [-0.2, 0) is 4.79 Å². The van der Waals surface area contributed by atoms with Crippen molar-refractivity contribution in [1.82, 2.24) is 9.80 Å². The third-order valence-corrected chi connectivity index (χ3v) is 5.72. The van der Waals surface area contributed by atoms with E-state index in [9.17, 15) is 9.59 Å². The number of hydrogen-bond acceptors (Lipinski definition) is 3. The van der Waals surface area contributed by atoms with E-state index in [2.05, 4.69) is 17.4 Å². The number of para-hydroxylation sites is 1. The van der Waals surface area contributed by atoms with E-state index in [4.69, 9.17) is 0 Å². The van der Waals surface area contributed by atoms with Crippen molar-refractivity contribution in [2.45, 2.75) is 22.6 Å². The van der Waals surface area contributed by atoms with Crippen LogP contribution in [0.3, 0.4) is 0 Å². The van der Waals surface area contributed by atoms with Gasteiger partial charge < -0.3 is 15.1 Å². The first kappa shape index (κ1) is 19.3. The van der Waals surface area contributed by atoms with Crippen LogP contribution >= 0.6 is 11.8 Å². The molecule has 3 rings (SSSR count). The third kappa shape index (κ3) is 5.04. The largest absolute Gasteiger partial charge is 0.331 e. The maximum Gasteiger partial charge on any atom is 0.319 e. The number of likely N-dealkylation sites (tertiary alicyclic amines) is 1. The van der Waals surface area contributed by atoms with Crippen molar-refractivity contribution in [3.05, 3.63) is 54.6 Å². The molecular weight excluding hydrogens is 358 g/mol. The smallest absolute Gasteiger partial charge is 0.319 e. The summed E-state index contributed by atoms with van der Waals surface area (Å²) in [4.78, 5) is 30.3. The Hall–Kier alpha value is -2.47. The highest BCUT2D eigenvalue weighted by Crippen LogP contribution is 2.33. The Morgan fingerprint density at radius 3 is 2.30 bits per heavy atom. The van der Waals surface area contributed by atoms with Gasteiger partial charge in [0.2, 0.25) is 5.91 Å². The maximum absolute atomic E-state index is 12.7. The number of nitrogens with one attached hydrogen (secondary N) is 1. The summed E-state index contributed by atoms with van der Waals surface area (Å²) in [5, 5.41) is 3.09. The van der Waals surface area contributed by atoms with E-state index in [1.807, 2.05) is 47.4 Å². The molecule has 1 aliphatic heterocycles. The molecule has 5 nitrogen and oxygen atoms in total. The summed E-state index contributed by atoms with van der Waals surface area (Å²) >= 11 is 1.64. The fourth-order valence-electron chi connectivity index (χ4n) is 3.13. The number of piperidine rings is 1. The number of urea groups is 1. The molecule has 3 amide bonds. The Labute approximate surface area is 164 Å². The lowest BCUT2D eigenvalue weighted by atomic mass is 9.96. The van der Waals surface area contributed by atoms with Gasteiger partial charge in [-0.1, -0.05) is 42.1 Å². The number of hydrogen-bond donors (Lipinski definition) is 1. The van der Waals surface area contributed by atoms with Crippen LogP contribution in [-0.4, -0.2) is 48.9 Å². The van der Waals surface area contributed by atoms with E-state index in [1.165, 1.54) is 0 Å². The molecule has 0 saturated carbocycles. The zero-order valence-electron chi connectivity index (χ0n) is 15.7. The molecule has 1 fully saturated rings. The molecule has 27 heavy (non-hydrogen) atoms. The van der Waals surface area contributed by atoms with Crippen LogP contribution in [0.5, 0.6) is 0 Å². The normalized spacial score (nSPS) is 14.7. The first-order chi connectivity index (χ1) is 13.0. The zero-order chi connectivity index (χ0) is 19.2. The van der Waals surface area contributed by atoms with Gasteiger partial charge in [-0.2, -0.15) is 0 Å². The number of rotatable bonds is 4. The Morgan fingerprint density at radius 1 is 1.00 bits per heavy atom. The van der Waals surface area contributed by atoms with Crippen molar-refractivity contribution in [3.8, 4) is 0 Å². The van der Waals surface area contributed by atoms with E-state index in [1.54, 1.807) is 30.8 Å². The quantitative estimate of drug-likeness (QED) is 0.862. The molecule has 0 radical (unpaired) electrons. The summed E-state index contributed by atoms with van der Waals surface area (Å²) < 4.78 is 0. The fraction of sp³-hybridized carbons (Fsp3) is 0.333. The number of carbonyl (C=O) groups excluding carboxylic acids is 2. The molecule has 6 heteroatoms. The van der Waals surface area contributed by atoms with Crippen molar-refractivity contribution in [3.63, 3.8) is 0 Å². The van der Waals surface area contributed by atoms with Crippen LogP contribution < -0.4 is 5.32 Å². The highest BCUT2D eigenvalue weighted by molar-refractivity contribution is 7.99. The summed E-state index contributed by atoms with van der Waals surface area (Å²) in [7, 11) is 3.50. The average Bonchev–Trinajstić information content (AvgIpc) is 2.69. The van der Waals surface area contributed by atoms with Gasteiger partial charge in [0.15, 0.2) is 0 Å². The molecule has 1 aliphatic rings. The number of amides is 3. The van der Waals surface area contributed by atoms with Gasteiger partial charge in [-0.05, 0) is 37.1 Å².